The standard InChI is InChI=1S/C17H30N4O2S/c1-4-18-16(19-8-5-15-13(2)21-14(3)24-15)20-11-17(6-9-22)7-10-23-12-17/h22H,4-12H2,1-3H3,(H2,18,19,20). The molecule has 1 aliphatic rings. The van der Waals surface area contributed by atoms with E-state index < -0.39 is 0 Å². The number of nitrogens with one attached hydrogen (secondary N) is 2. The van der Waals surface area contributed by atoms with Crippen molar-refractivity contribution in [2.75, 3.05) is 39.5 Å². The van der Waals surface area contributed by atoms with Crippen LogP contribution in [0.3, 0.4) is 0 Å². The average molecular weight is 355 g/mol. The Morgan fingerprint density at radius 3 is 2.83 bits per heavy atom. The summed E-state index contributed by atoms with van der Waals surface area (Å²) in [5.74, 6) is 0.834. The average Bonchev–Trinajstić information content (AvgIpc) is 3.12. The number of nitrogens with zero attached hydrogens (tertiary/aromatic N) is 2. The molecule has 1 aromatic heterocycles. The number of hydrogen-bond donors (Lipinski definition) is 3. The third kappa shape index (κ3) is 5.43. The zero-order chi connectivity index (χ0) is 17.4. The molecular formula is C17H30N4O2S. The van der Waals surface area contributed by atoms with E-state index >= 15 is 0 Å². The number of aliphatic imine (C=N–C) groups is 1. The first-order valence-electron chi connectivity index (χ1n) is 8.72. The molecule has 0 amide bonds. The Hall–Kier alpha value is -1.18. The fourth-order valence-corrected chi connectivity index (χ4v) is 3.91. The molecule has 0 aliphatic carbocycles. The summed E-state index contributed by atoms with van der Waals surface area (Å²) in [6, 6.07) is 0. The lowest BCUT2D eigenvalue weighted by Gasteiger charge is -2.24. The summed E-state index contributed by atoms with van der Waals surface area (Å²) < 4.78 is 5.53. The van der Waals surface area contributed by atoms with Crippen LogP contribution in [-0.4, -0.2) is 55.5 Å². The number of thiazole rings is 1. The van der Waals surface area contributed by atoms with Crippen LogP contribution in [0.1, 0.15) is 35.3 Å². The van der Waals surface area contributed by atoms with Crippen molar-refractivity contribution in [3.05, 3.63) is 15.6 Å². The first-order chi connectivity index (χ1) is 11.6. The quantitative estimate of drug-likeness (QED) is 0.489. The fraction of sp³-hybridized carbons (Fsp3) is 0.765. The molecule has 24 heavy (non-hydrogen) atoms. The Bertz CT molecular complexity index is 539. The SMILES string of the molecule is CCNC(=NCC1(CCO)CCOC1)NCCc1sc(C)nc1C. The van der Waals surface area contributed by atoms with Crippen molar-refractivity contribution in [2.45, 2.75) is 40.0 Å². The van der Waals surface area contributed by atoms with E-state index in [1.807, 2.05) is 6.92 Å². The number of aryl methyl sites for hydroxylation is 2. The van der Waals surface area contributed by atoms with E-state index in [0.29, 0.717) is 13.2 Å². The van der Waals surface area contributed by atoms with Crippen LogP contribution in [0.15, 0.2) is 4.99 Å². The van der Waals surface area contributed by atoms with Crippen LogP contribution in [0.4, 0.5) is 0 Å². The van der Waals surface area contributed by atoms with Gasteiger partial charge in [-0.2, -0.15) is 0 Å². The molecule has 3 N–H and O–H groups in total. The Labute approximate surface area is 148 Å². The molecule has 0 bridgehead atoms. The van der Waals surface area contributed by atoms with E-state index in [9.17, 15) is 5.11 Å². The van der Waals surface area contributed by atoms with Crippen molar-refractivity contribution >= 4 is 17.3 Å². The van der Waals surface area contributed by atoms with Crippen molar-refractivity contribution < 1.29 is 9.84 Å². The fourth-order valence-electron chi connectivity index (χ4n) is 2.98. The second-order valence-corrected chi connectivity index (χ2v) is 7.68. The minimum absolute atomic E-state index is 0.0114. The van der Waals surface area contributed by atoms with Gasteiger partial charge in [-0.15, -0.1) is 11.3 Å². The lowest BCUT2D eigenvalue weighted by atomic mass is 9.84. The topological polar surface area (TPSA) is 78.8 Å². The van der Waals surface area contributed by atoms with Crippen LogP contribution in [0.25, 0.3) is 0 Å². The number of ether oxygens (including phenoxy) is 1. The number of guanidine groups is 1. The van der Waals surface area contributed by atoms with E-state index in [-0.39, 0.29) is 12.0 Å². The van der Waals surface area contributed by atoms with Crippen molar-refractivity contribution in [3.63, 3.8) is 0 Å². The number of aliphatic hydroxyl groups is 1. The summed E-state index contributed by atoms with van der Waals surface area (Å²) in [6.07, 6.45) is 2.66. The molecule has 2 rings (SSSR count). The molecule has 0 radical (unpaired) electrons. The van der Waals surface area contributed by atoms with Crippen LogP contribution >= 0.6 is 11.3 Å². The highest BCUT2D eigenvalue weighted by atomic mass is 32.1. The normalized spacial score (nSPS) is 21.2. The molecule has 2 heterocycles. The molecule has 1 fully saturated rings. The third-order valence-electron chi connectivity index (χ3n) is 4.39. The van der Waals surface area contributed by atoms with Crippen LogP contribution in [-0.2, 0) is 11.2 Å². The van der Waals surface area contributed by atoms with Crippen molar-refractivity contribution in [3.8, 4) is 0 Å². The molecule has 1 aromatic rings. The van der Waals surface area contributed by atoms with Gasteiger partial charge in [0.05, 0.1) is 23.9 Å². The molecule has 1 unspecified atom stereocenters. The Balaban J connectivity index is 1.89. The van der Waals surface area contributed by atoms with E-state index in [4.69, 9.17) is 9.73 Å². The predicted octanol–water partition coefficient (Wildman–Crippen LogP) is 1.65. The summed E-state index contributed by atoms with van der Waals surface area (Å²) in [4.78, 5) is 10.5. The Morgan fingerprint density at radius 1 is 1.42 bits per heavy atom. The summed E-state index contributed by atoms with van der Waals surface area (Å²) in [6.45, 7) is 10.2. The Kier molecular flexibility index (Phi) is 7.45. The van der Waals surface area contributed by atoms with Gasteiger partial charge in [0.1, 0.15) is 0 Å². The summed E-state index contributed by atoms with van der Waals surface area (Å²) in [5.41, 5.74) is 1.12. The third-order valence-corrected chi connectivity index (χ3v) is 5.52. The van der Waals surface area contributed by atoms with Gasteiger partial charge >= 0.3 is 0 Å². The smallest absolute Gasteiger partial charge is 0.191 e. The van der Waals surface area contributed by atoms with Gasteiger partial charge < -0.3 is 20.5 Å². The van der Waals surface area contributed by atoms with Gasteiger partial charge in [-0.1, -0.05) is 0 Å². The van der Waals surface area contributed by atoms with Crippen molar-refractivity contribution in [1.29, 1.82) is 0 Å². The number of rotatable bonds is 8. The summed E-state index contributed by atoms with van der Waals surface area (Å²) in [7, 11) is 0. The van der Waals surface area contributed by atoms with E-state index in [1.165, 1.54) is 4.88 Å². The second-order valence-electron chi connectivity index (χ2n) is 6.39. The number of aliphatic hydroxyl groups excluding tert-OH is 1. The lowest BCUT2D eigenvalue weighted by molar-refractivity contribution is 0.131. The maximum atomic E-state index is 9.32. The molecule has 0 spiro atoms. The van der Waals surface area contributed by atoms with Crippen molar-refractivity contribution in [2.24, 2.45) is 10.4 Å². The van der Waals surface area contributed by atoms with Gasteiger partial charge in [0.25, 0.3) is 0 Å². The predicted molar refractivity (Wildman–Crippen MR) is 98.8 cm³/mol. The molecule has 7 heteroatoms. The van der Waals surface area contributed by atoms with Gasteiger partial charge in [-0.05, 0) is 33.6 Å². The van der Waals surface area contributed by atoms with Gasteiger partial charge in [0.2, 0.25) is 0 Å². The molecule has 0 aromatic carbocycles. The first-order valence-corrected chi connectivity index (χ1v) is 9.54. The molecule has 1 saturated heterocycles. The van der Waals surface area contributed by atoms with Gasteiger partial charge in [0, 0.05) is 43.0 Å². The zero-order valence-corrected chi connectivity index (χ0v) is 15.8. The minimum atomic E-state index is -0.0114. The maximum Gasteiger partial charge on any atom is 0.191 e. The highest BCUT2D eigenvalue weighted by molar-refractivity contribution is 7.11. The molecule has 0 saturated carbocycles. The first kappa shape index (κ1) is 19.1. The van der Waals surface area contributed by atoms with E-state index in [1.54, 1.807) is 11.3 Å². The highest BCUT2D eigenvalue weighted by Crippen LogP contribution is 2.32. The lowest BCUT2D eigenvalue weighted by Crippen LogP contribution is -2.39. The van der Waals surface area contributed by atoms with E-state index in [2.05, 4.69) is 29.5 Å². The number of hydrogen-bond acceptors (Lipinski definition) is 5. The van der Waals surface area contributed by atoms with Crippen LogP contribution < -0.4 is 10.6 Å². The maximum absolute atomic E-state index is 9.32. The van der Waals surface area contributed by atoms with Gasteiger partial charge in [-0.3, -0.25) is 4.99 Å². The Morgan fingerprint density at radius 2 is 2.25 bits per heavy atom. The van der Waals surface area contributed by atoms with Crippen LogP contribution in [0, 0.1) is 19.3 Å². The molecule has 1 atom stereocenters. The van der Waals surface area contributed by atoms with Gasteiger partial charge in [-0.25, -0.2) is 4.98 Å². The minimum Gasteiger partial charge on any atom is -0.396 e. The monoisotopic (exact) mass is 354 g/mol. The van der Waals surface area contributed by atoms with Crippen molar-refractivity contribution in [1.82, 2.24) is 15.6 Å². The molecule has 6 nitrogen and oxygen atoms in total. The highest BCUT2D eigenvalue weighted by Gasteiger charge is 2.34. The molecule has 1 aliphatic heterocycles. The van der Waals surface area contributed by atoms with Gasteiger partial charge in [0.15, 0.2) is 5.96 Å². The van der Waals surface area contributed by atoms with E-state index in [0.717, 1.165) is 55.6 Å². The molecular weight excluding hydrogens is 324 g/mol. The van der Waals surface area contributed by atoms with Crippen LogP contribution in [0.5, 0.6) is 0 Å². The molecule has 136 valence electrons. The van der Waals surface area contributed by atoms with Crippen LogP contribution in [0.2, 0.25) is 0 Å². The largest absolute Gasteiger partial charge is 0.396 e. The summed E-state index contributed by atoms with van der Waals surface area (Å²) in [5, 5.41) is 17.1. The summed E-state index contributed by atoms with van der Waals surface area (Å²) >= 11 is 1.76. The second kappa shape index (κ2) is 9.34. The number of aromatic nitrogens is 1. The zero-order valence-electron chi connectivity index (χ0n) is 15.0.